The molecule has 0 saturated carbocycles. The van der Waals surface area contributed by atoms with Crippen LogP contribution in [0, 0.1) is 11.3 Å². The zero-order valence-electron chi connectivity index (χ0n) is 13.2. The molecule has 0 unspecified atom stereocenters. The summed E-state index contributed by atoms with van der Waals surface area (Å²) < 4.78 is 0. The monoisotopic (exact) mass is 323 g/mol. The van der Waals surface area contributed by atoms with Crippen LogP contribution in [-0.2, 0) is 0 Å². The van der Waals surface area contributed by atoms with Crippen LogP contribution in [0.4, 0.5) is 10.5 Å². The number of hydrogen-bond acceptors (Lipinski definition) is 3. The van der Waals surface area contributed by atoms with Crippen LogP contribution in [0.3, 0.4) is 0 Å². The van der Waals surface area contributed by atoms with Gasteiger partial charge in [-0.05, 0) is 24.0 Å². The molecule has 0 bridgehead atoms. The van der Waals surface area contributed by atoms with Crippen molar-refractivity contribution in [3.05, 3.63) is 23.5 Å². The summed E-state index contributed by atoms with van der Waals surface area (Å²) in [6, 6.07) is 3.73. The van der Waals surface area contributed by atoms with Crippen LogP contribution in [0.1, 0.15) is 27.2 Å². The van der Waals surface area contributed by atoms with E-state index in [1.54, 1.807) is 17.2 Å². The molecular formula is C16H22ClN3O2. The number of halogens is 1. The Morgan fingerprint density at radius 3 is 2.73 bits per heavy atom. The summed E-state index contributed by atoms with van der Waals surface area (Å²) in [7, 11) is 0. The van der Waals surface area contributed by atoms with Crippen molar-refractivity contribution < 1.29 is 9.90 Å². The normalized spacial score (nSPS) is 28.1. The number of rotatable bonds is 1. The van der Waals surface area contributed by atoms with Gasteiger partial charge in [0.05, 0.1) is 17.4 Å². The lowest BCUT2D eigenvalue weighted by Crippen LogP contribution is -2.79. The lowest BCUT2D eigenvalue weighted by Gasteiger charge is -2.67. The minimum absolute atomic E-state index is 0.118. The highest BCUT2D eigenvalue weighted by Gasteiger charge is 2.63. The molecule has 6 heteroatoms. The van der Waals surface area contributed by atoms with Gasteiger partial charge in [-0.25, -0.2) is 9.78 Å². The van der Waals surface area contributed by atoms with Gasteiger partial charge in [0.15, 0.2) is 0 Å². The van der Waals surface area contributed by atoms with Crippen molar-refractivity contribution in [3.63, 3.8) is 0 Å². The van der Waals surface area contributed by atoms with E-state index in [2.05, 4.69) is 30.7 Å². The first-order valence-corrected chi connectivity index (χ1v) is 8.00. The lowest BCUT2D eigenvalue weighted by atomic mass is 9.57. The highest BCUT2D eigenvalue weighted by atomic mass is 35.5. The number of anilines is 1. The SMILES string of the molecule is CC(C)(C)[C@@]12CN(c3ccc(Cl)nc3)CC[C@@H]1CN2C(=O)O. The van der Waals surface area contributed by atoms with Gasteiger partial charge in [-0.1, -0.05) is 32.4 Å². The Hall–Kier alpha value is -1.49. The highest BCUT2D eigenvalue weighted by Crippen LogP contribution is 2.53. The van der Waals surface area contributed by atoms with Crippen LogP contribution in [0.15, 0.2) is 18.3 Å². The molecule has 3 rings (SSSR count). The number of piperidine rings is 1. The van der Waals surface area contributed by atoms with Crippen molar-refractivity contribution in [3.8, 4) is 0 Å². The quantitative estimate of drug-likeness (QED) is 0.805. The van der Waals surface area contributed by atoms with E-state index in [1.165, 1.54) is 0 Å². The van der Waals surface area contributed by atoms with Gasteiger partial charge in [0.1, 0.15) is 5.15 Å². The summed E-state index contributed by atoms with van der Waals surface area (Å²) in [6.45, 7) is 8.70. The highest BCUT2D eigenvalue weighted by molar-refractivity contribution is 6.29. The molecule has 2 fully saturated rings. The van der Waals surface area contributed by atoms with Crippen molar-refractivity contribution in [1.82, 2.24) is 9.88 Å². The molecular weight excluding hydrogens is 302 g/mol. The first-order valence-electron chi connectivity index (χ1n) is 7.63. The Morgan fingerprint density at radius 2 is 2.18 bits per heavy atom. The lowest BCUT2D eigenvalue weighted by molar-refractivity contribution is -0.132. The third-order valence-electron chi connectivity index (χ3n) is 5.35. The molecule has 0 aromatic carbocycles. The maximum atomic E-state index is 11.7. The summed E-state index contributed by atoms with van der Waals surface area (Å²) >= 11 is 5.86. The average Bonchev–Trinajstić information content (AvgIpc) is 2.39. The molecule has 3 heterocycles. The number of hydrogen-bond donors (Lipinski definition) is 1. The number of pyridine rings is 1. The minimum Gasteiger partial charge on any atom is -0.465 e. The molecule has 2 aliphatic rings. The van der Waals surface area contributed by atoms with E-state index in [0.717, 1.165) is 18.7 Å². The summed E-state index contributed by atoms with van der Waals surface area (Å²) in [5.41, 5.74) is 0.549. The number of carboxylic acid groups (broad SMARTS) is 1. The number of nitrogens with zero attached hydrogens (tertiary/aromatic N) is 3. The van der Waals surface area contributed by atoms with Gasteiger partial charge in [0.2, 0.25) is 0 Å². The van der Waals surface area contributed by atoms with Crippen LogP contribution in [0.5, 0.6) is 0 Å². The Kier molecular flexibility index (Phi) is 3.51. The van der Waals surface area contributed by atoms with Crippen LogP contribution in [-0.4, -0.2) is 46.3 Å². The number of likely N-dealkylation sites (tertiary alicyclic amines) is 1. The molecule has 5 nitrogen and oxygen atoms in total. The van der Waals surface area contributed by atoms with Crippen LogP contribution in [0.2, 0.25) is 5.15 Å². The standard InChI is InChI=1S/C16H22ClN3O2/c1-15(2,3)16-10-19(12-4-5-13(17)18-8-12)7-6-11(16)9-20(16)14(21)22/h4-5,8,11H,6-7,9-10H2,1-3H3,(H,21,22)/t11-,16-/m1/s1. The van der Waals surface area contributed by atoms with Crippen molar-refractivity contribution in [2.75, 3.05) is 24.5 Å². The second-order valence-electron chi connectivity index (χ2n) is 7.31. The van der Waals surface area contributed by atoms with E-state index >= 15 is 0 Å². The summed E-state index contributed by atoms with van der Waals surface area (Å²) in [4.78, 5) is 19.7. The van der Waals surface area contributed by atoms with Crippen molar-refractivity contribution >= 4 is 23.4 Å². The van der Waals surface area contributed by atoms with Gasteiger partial charge in [0.25, 0.3) is 0 Å². The van der Waals surface area contributed by atoms with Gasteiger partial charge in [-0.2, -0.15) is 0 Å². The number of fused-ring (bicyclic) bond motifs is 1. The Morgan fingerprint density at radius 1 is 1.45 bits per heavy atom. The summed E-state index contributed by atoms with van der Waals surface area (Å²) in [6.07, 6.45) is 1.95. The predicted molar refractivity (Wildman–Crippen MR) is 86.5 cm³/mol. The van der Waals surface area contributed by atoms with E-state index in [-0.39, 0.29) is 11.0 Å². The molecule has 1 aromatic rings. The first-order chi connectivity index (χ1) is 10.3. The van der Waals surface area contributed by atoms with Crippen molar-refractivity contribution in [2.24, 2.45) is 11.3 Å². The molecule has 1 N–H and O–H groups in total. The molecule has 120 valence electrons. The van der Waals surface area contributed by atoms with Crippen molar-refractivity contribution in [1.29, 1.82) is 0 Å². The van der Waals surface area contributed by atoms with E-state index in [4.69, 9.17) is 11.6 Å². The van der Waals surface area contributed by atoms with Gasteiger partial charge >= 0.3 is 6.09 Å². The van der Waals surface area contributed by atoms with Crippen LogP contribution < -0.4 is 4.90 Å². The molecule has 0 radical (unpaired) electrons. The smallest absolute Gasteiger partial charge is 0.407 e. The molecule has 1 amide bonds. The Bertz CT molecular complexity index is 584. The van der Waals surface area contributed by atoms with E-state index in [9.17, 15) is 9.90 Å². The van der Waals surface area contributed by atoms with E-state index in [0.29, 0.717) is 24.2 Å². The first kappa shape index (κ1) is 15.4. The van der Waals surface area contributed by atoms with Crippen LogP contribution >= 0.6 is 11.6 Å². The molecule has 2 aliphatic heterocycles. The fourth-order valence-electron chi connectivity index (χ4n) is 4.15. The van der Waals surface area contributed by atoms with Gasteiger partial charge < -0.3 is 10.0 Å². The topological polar surface area (TPSA) is 56.7 Å². The number of carbonyl (C=O) groups is 1. The zero-order valence-corrected chi connectivity index (χ0v) is 14.0. The zero-order chi connectivity index (χ0) is 16.1. The molecule has 0 spiro atoms. The summed E-state index contributed by atoms with van der Waals surface area (Å²) in [5.74, 6) is 0.431. The minimum atomic E-state index is -0.817. The van der Waals surface area contributed by atoms with E-state index in [1.807, 2.05) is 6.07 Å². The molecule has 22 heavy (non-hydrogen) atoms. The van der Waals surface area contributed by atoms with Gasteiger partial charge in [0, 0.05) is 25.6 Å². The predicted octanol–water partition coefficient (Wildman–Crippen LogP) is 3.34. The van der Waals surface area contributed by atoms with Crippen LogP contribution in [0.25, 0.3) is 0 Å². The van der Waals surface area contributed by atoms with Gasteiger partial charge in [-0.3, -0.25) is 4.90 Å². The summed E-state index contributed by atoms with van der Waals surface area (Å²) in [5, 5.41) is 10.0. The second-order valence-corrected chi connectivity index (χ2v) is 7.70. The maximum absolute atomic E-state index is 11.7. The Balaban J connectivity index is 1.93. The molecule has 0 aliphatic carbocycles. The largest absolute Gasteiger partial charge is 0.465 e. The fourth-order valence-corrected chi connectivity index (χ4v) is 4.26. The van der Waals surface area contributed by atoms with Gasteiger partial charge in [-0.15, -0.1) is 0 Å². The van der Waals surface area contributed by atoms with Crippen molar-refractivity contribution in [2.45, 2.75) is 32.7 Å². The average molecular weight is 324 g/mol. The second kappa shape index (κ2) is 5.01. The van der Waals surface area contributed by atoms with E-state index < -0.39 is 6.09 Å². The fraction of sp³-hybridized carbons (Fsp3) is 0.625. The molecule has 1 aromatic heterocycles. The third-order valence-corrected chi connectivity index (χ3v) is 5.57. The molecule has 2 saturated heterocycles. The number of amides is 1. The molecule has 2 atom stereocenters. The Labute approximate surface area is 135 Å². The number of aromatic nitrogens is 1. The maximum Gasteiger partial charge on any atom is 0.407 e. The third kappa shape index (κ3) is 2.14.